The minimum Gasteiger partial charge on any atom is -0.479 e. The molecule has 0 spiro atoms. The van der Waals surface area contributed by atoms with E-state index in [0.717, 1.165) is 9.26 Å². The number of halogens is 1. The lowest BCUT2D eigenvalue weighted by molar-refractivity contribution is -0.138. The predicted molar refractivity (Wildman–Crippen MR) is 76.6 cm³/mol. The van der Waals surface area contributed by atoms with Gasteiger partial charge in [0.05, 0.1) is 0 Å². The SMILES string of the molecule is Cc1ccc(C(Nc2ccc(I)cc2)C(=O)O)o1. The number of aryl methyl sites for hydroxylation is 1. The van der Waals surface area contributed by atoms with Crippen LogP contribution in [0.15, 0.2) is 40.8 Å². The number of furan rings is 1. The van der Waals surface area contributed by atoms with Crippen molar-refractivity contribution in [3.63, 3.8) is 0 Å². The molecule has 0 aliphatic rings. The largest absolute Gasteiger partial charge is 0.479 e. The van der Waals surface area contributed by atoms with Crippen molar-refractivity contribution in [3.8, 4) is 0 Å². The molecule has 0 bridgehead atoms. The summed E-state index contributed by atoms with van der Waals surface area (Å²) in [5.74, 6) is 0.127. The summed E-state index contributed by atoms with van der Waals surface area (Å²) in [5, 5.41) is 12.2. The van der Waals surface area contributed by atoms with Crippen molar-refractivity contribution >= 4 is 34.2 Å². The highest BCUT2D eigenvalue weighted by Gasteiger charge is 2.22. The van der Waals surface area contributed by atoms with E-state index in [2.05, 4.69) is 27.9 Å². The molecule has 1 unspecified atom stereocenters. The summed E-state index contributed by atoms with van der Waals surface area (Å²) in [7, 11) is 0. The minimum atomic E-state index is -0.970. The van der Waals surface area contributed by atoms with Gasteiger partial charge in [0.15, 0.2) is 6.04 Å². The number of aliphatic carboxylic acids is 1. The fraction of sp³-hybridized carbons (Fsp3) is 0.154. The summed E-state index contributed by atoms with van der Waals surface area (Å²) in [6.07, 6.45) is 0. The van der Waals surface area contributed by atoms with E-state index in [1.54, 1.807) is 19.1 Å². The van der Waals surface area contributed by atoms with Crippen LogP contribution in [0, 0.1) is 10.5 Å². The molecule has 0 amide bonds. The van der Waals surface area contributed by atoms with Gasteiger partial charge >= 0.3 is 5.97 Å². The molecule has 1 heterocycles. The van der Waals surface area contributed by atoms with E-state index in [-0.39, 0.29) is 0 Å². The Morgan fingerprint density at radius 2 is 1.94 bits per heavy atom. The van der Waals surface area contributed by atoms with Gasteiger partial charge in [-0.15, -0.1) is 0 Å². The first kappa shape index (κ1) is 12.9. The van der Waals surface area contributed by atoms with Crippen molar-refractivity contribution in [2.24, 2.45) is 0 Å². The molecule has 18 heavy (non-hydrogen) atoms. The lowest BCUT2D eigenvalue weighted by atomic mass is 10.2. The number of carboxylic acids is 1. The van der Waals surface area contributed by atoms with Gasteiger partial charge in [0.1, 0.15) is 11.5 Å². The number of rotatable bonds is 4. The molecule has 0 saturated carbocycles. The number of hydrogen-bond donors (Lipinski definition) is 2. The number of carboxylic acid groups (broad SMARTS) is 1. The first-order valence-electron chi connectivity index (χ1n) is 5.37. The van der Waals surface area contributed by atoms with Gasteiger partial charge in [-0.2, -0.15) is 0 Å². The molecule has 5 heteroatoms. The Bertz CT molecular complexity index is 548. The second kappa shape index (κ2) is 5.43. The third-order valence-electron chi connectivity index (χ3n) is 2.45. The summed E-state index contributed by atoms with van der Waals surface area (Å²) in [6, 6.07) is 10.1. The van der Waals surface area contributed by atoms with Gasteiger partial charge in [-0.1, -0.05) is 0 Å². The van der Waals surface area contributed by atoms with Crippen molar-refractivity contribution in [1.82, 2.24) is 0 Å². The molecule has 0 radical (unpaired) electrons. The van der Waals surface area contributed by atoms with Gasteiger partial charge in [0, 0.05) is 9.26 Å². The highest BCUT2D eigenvalue weighted by atomic mass is 127. The first-order valence-corrected chi connectivity index (χ1v) is 6.45. The van der Waals surface area contributed by atoms with Crippen LogP contribution in [0.2, 0.25) is 0 Å². The molecule has 2 N–H and O–H groups in total. The van der Waals surface area contributed by atoms with Crippen molar-refractivity contribution in [1.29, 1.82) is 0 Å². The van der Waals surface area contributed by atoms with E-state index in [0.29, 0.717) is 11.5 Å². The Labute approximate surface area is 118 Å². The van der Waals surface area contributed by atoms with Crippen LogP contribution in [-0.2, 0) is 4.79 Å². The molecule has 0 aliphatic heterocycles. The van der Waals surface area contributed by atoms with Gasteiger partial charge < -0.3 is 14.8 Å². The fourth-order valence-corrected chi connectivity index (χ4v) is 1.94. The standard InChI is InChI=1S/C13H12INO3/c1-8-2-7-11(18-8)12(13(16)17)15-10-5-3-9(14)4-6-10/h2-7,12,15H,1H3,(H,16,17). The summed E-state index contributed by atoms with van der Waals surface area (Å²) in [6.45, 7) is 1.79. The van der Waals surface area contributed by atoms with E-state index >= 15 is 0 Å². The summed E-state index contributed by atoms with van der Waals surface area (Å²) in [4.78, 5) is 11.3. The maximum Gasteiger partial charge on any atom is 0.334 e. The Morgan fingerprint density at radius 3 is 2.44 bits per heavy atom. The van der Waals surface area contributed by atoms with Gasteiger partial charge in [-0.05, 0) is 65.9 Å². The topological polar surface area (TPSA) is 62.5 Å². The Kier molecular flexibility index (Phi) is 3.90. The van der Waals surface area contributed by atoms with Crippen LogP contribution in [0.3, 0.4) is 0 Å². The third-order valence-corrected chi connectivity index (χ3v) is 3.17. The molecular formula is C13H12INO3. The third kappa shape index (κ3) is 3.04. The zero-order valence-corrected chi connectivity index (χ0v) is 11.8. The van der Waals surface area contributed by atoms with Crippen LogP contribution in [0.5, 0.6) is 0 Å². The molecule has 1 aromatic heterocycles. The molecule has 0 saturated heterocycles. The molecule has 1 aromatic carbocycles. The van der Waals surface area contributed by atoms with Gasteiger partial charge in [-0.25, -0.2) is 4.79 Å². The Balaban J connectivity index is 2.22. The predicted octanol–water partition coefficient (Wildman–Crippen LogP) is 3.43. The molecular weight excluding hydrogens is 345 g/mol. The fourth-order valence-electron chi connectivity index (χ4n) is 1.58. The number of benzene rings is 1. The highest BCUT2D eigenvalue weighted by molar-refractivity contribution is 14.1. The zero-order valence-electron chi connectivity index (χ0n) is 9.68. The zero-order chi connectivity index (χ0) is 13.1. The molecule has 94 valence electrons. The molecule has 4 nitrogen and oxygen atoms in total. The Hall–Kier alpha value is -1.50. The van der Waals surface area contributed by atoms with Gasteiger partial charge in [0.2, 0.25) is 0 Å². The summed E-state index contributed by atoms with van der Waals surface area (Å²) >= 11 is 2.20. The summed E-state index contributed by atoms with van der Waals surface area (Å²) in [5.41, 5.74) is 0.747. The van der Waals surface area contributed by atoms with Gasteiger partial charge in [-0.3, -0.25) is 0 Å². The number of carbonyl (C=O) groups is 1. The maximum atomic E-state index is 11.3. The van der Waals surface area contributed by atoms with Crippen LogP contribution in [0.4, 0.5) is 5.69 Å². The lowest BCUT2D eigenvalue weighted by Crippen LogP contribution is -2.19. The van der Waals surface area contributed by atoms with E-state index in [1.165, 1.54) is 0 Å². The molecule has 2 aromatic rings. The average Bonchev–Trinajstić information content (AvgIpc) is 2.74. The number of anilines is 1. The lowest BCUT2D eigenvalue weighted by Gasteiger charge is -2.13. The number of hydrogen-bond acceptors (Lipinski definition) is 3. The van der Waals surface area contributed by atoms with E-state index < -0.39 is 12.0 Å². The van der Waals surface area contributed by atoms with Gasteiger partial charge in [0.25, 0.3) is 0 Å². The van der Waals surface area contributed by atoms with Crippen LogP contribution in [-0.4, -0.2) is 11.1 Å². The number of nitrogens with one attached hydrogen (secondary N) is 1. The van der Waals surface area contributed by atoms with Crippen LogP contribution < -0.4 is 5.32 Å². The van der Waals surface area contributed by atoms with E-state index in [4.69, 9.17) is 4.42 Å². The quantitative estimate of drug-likeness (QED) is 0.823. The smallest absolute Gasteiger partial charge is 0.334 e. The maximum absolute atomic E-state index is 11.3. The van der Waals surface area contributed by atoms with Crippen LogP contribution >= 0.6 is 22.6 Å². The first-order chi connectivity index (χ1) is 8.56. The molecule has 1 atom stereocenters. The molecule has 2 rings (SSSR count). The molecule has 0 fully saturated rings. The van der Waals surface area contributed by atoms with Crippen molar-refractivity contribution in [2.75, 3.05) is 5.32 Å². The van der Waals surface area contributed by atoms with Crippen LogP contribution in [0.1, 0.15) is 17.6 Å². The highest BCUT2D eigenvalue weighted by Crippen LogP contribution is 2.22. The second-order valence-electron chi connectivity index (χ2n) is 3.87. The minimum absolute atomic E-state index is 0.401. The van der Waals surface area contributed by atoms with E-state index in [1.807, 2.05) is 24.3 Å². The summed E-state index contributed by atoms with van der Waals surface area (Å²) < 4.78 is 6.45. The average molecular weight is 357 g/mol. The normalized spacial score (nSPS) is 12.1. The van der Waals surface area contributed by atoms with E-state index in [9.17, 15) is 9.90 Å². The Morgan fingerprint density at radius 1 is 1.28 bits per heavy atom. The molecule has 0 aliphatic carbocycles. The van der Waals surface area contributed by atoms with Crippen molar-refractivity contribution in [3.05, 3.63) is 51.5 Å². The second-order valence-corrected chi connectivity index (χ2v) is 5.12. The van der Waals surface area contributed by atoms with Crippen molar-refractivity contribution < 1.29 is 14.3 Å². The van der Waals surface area contributed by atoms with Crippen LogP contribution in [0.25, 0.3) is 0 Å². The van der Waals surface area contributed by atoms with Crippen molar-refractivity contribution in [2.45, 2.75) is 13.0 Å². The monoisotopic (exact) mass is 357 g/mol.